The van der Waals surface area contributed by atoms with Crippen LogP contribution in [-0.4, -0.2) is 11.7 Å². The second-order valence-electron chi connectivity index (χ2n) is 23.7. The SMILES string of the molecule is Cc1cc2c(s1)C1(c3ccccc3-c3ccncc31)c1sc3c(c1-2)B1c2ccc(C(C)(C)C)cc2N(c2ccc(C(C)(C)C)cc2)c2cc(C(C)(C)C)cc(c21)N3c1ccc(C(C)(C)C)cc1. The molecule has 5 heterocycles. The number of hydrogen-bond acceptors (Lipinski definition) is 5. The number of aromatic nitrogens is 1. The molecule has 8 aromatic rings. The summed E-state index contributed by atoms with van der Waals surface area (Å²) in [7, 11) is 0. The van der Waals surface area contributed by atoms with Gasteiger partial charge < -0.3 is 9.80 Å². The Morgan fingerprint density at radius 2 is 1.04 bits per heavy atom. The van der Waals surface area contributed by atoms with Gasteiger partial charge in [0.15, 0.2) is 0 Å². The van der Waals surface area contributed by atoms with Crippen LogP contribution in [0.2, 0.25) is 0 Å². The Kier molecular flexibility index (Phi) is 8.88. The molecule has 0 N–H and O–H groups in total. The Balaban J connectivity index is 1.24. The molecule has 12 rings (SSSR count). The van der Waals surface area contributed by atoms with Crippen molar-refractivity contribution in [2.24, 2.45) is 0 Å². The predicted octanol–water partition coefficient (Wildman–Crippen LogP) is 15.1. The van der Waals surface area contributed by atoms with Crippen molar-refractivity contribution >= 4 is 79.2 Å². The van der Waals surface area contributed by atoms with Crippen molar-refractivity contribution in [1.82, 2.24) is 4.98 Å². The minimum absolute atomic E-state index is 0.0125. The van der Waals surface area contributed by atoms with Gasteiger partial charge in [0.25, 0.3) is 6.71 Å². The Morgan fingerprint density at radius 3 is 1.67 bits per heavy atom. The maximum absolute atomic E-state index is 4.91. The topological polar surface area (TPSA) is 19.4 Å². The van der Waals surface area contributed by atoms with Crippen LogP contribution in [0.1, 0.15) is 131 Å². The first kappa shape index (κ1) is 42.7. The lowest BCUT2D eigenvalue weighted by atomic mass is 9.33. The highest BCUT2D eigenvalue weighted by Gasteiger charge is 2.58. The zero-order valence-corrected chi connectivity index (χ0v) is 43.0. The number of hydrogen-bond donors (Lipinski definition) is 0. The normalized spacial score (nSPS) is 16.7. The molecule has 0 radical (unpaired) electrons. The highest BCUT2D eigenvalue weighted by atomic mass is 32.1. The van der Waals surface area contributed by atoms with Crippen LogP contribution < -0.4 is 26.2 Å². The zero-order chi connectivity index (χ0) is 46.9. The lowest BCUT2D eigenvalue weighted by Crippen LogP contribution is -2.61. The zero-order valence-electron chi connectivity index (χ0n) is 41.4. The number of rotatable bonds is 2. The van der Waals surface area contributed by atoms with Gasteiger partial charge in [0.2, 0.25) is 0 Å². The molecule has 1 spiro atoms. The fraction of sp³-hybridized carbons (Fsp3) is 0.295. The molecule has 0 bridgehead atoms. The third-order valence-electron chi connectivity index (χ3n) is 15.3. The number of benzene rings is 5. The van der Waals surface area contributed by atoms with Crippen molar-refractivity contribution in [3.8, 4) is 22.3 Å². The van der Waals surface area contributed by atoms with E-state index in [1.807, 2.05) is 28.9 Å². The first-order valence-electron chi connectivity index (χ1n) is 24.1. The van der Waals surface area contributed by atoms with Crippen LogP contribution in [0, 0.1) is 6.92 Å². The molecule has 4 aliphatic rings. The highest BCUT2D eigenvalue weighted by molar-refractivity contribution is 7.22. The van der Waals surface area contributed by atoms with Crippen LogP contribution >= 0.6 is 22.7 Å². The summed E-state index contributed by atoms with van der Waals surface area (Å²) >= 11 is 4.00. The summed E-state index contributed by atoms with van der Waals surface area (Å²) in [5.74, 6) is 0. The lowest BCUT2D eigenvalue weighted by Gasteiger charge is -2.45. The quantitative estimate of drug-likeness (QED) is 0.161. The molecule has 1 unspecified atom stereocenters. The summed E-state index contributed by atoms with van der Waals surface area (Å²) in [6.07, 6.45) is 4.16. The minimum Gasteiger partial charge on any atom is -0.311 e. The molecule has 2 aliphatic heterocycles. The molecular weight excluding hydrogens is 850 g/mol. The van der Waals surface area contributed by atoms with Crippen LogP contribution in [0.4, 0.5) is 33.4 Å². The molecule has 6 heteroatoms. The van der Waals surface area contributed by atoms with Gasteiger partial charge in [0, 0.05) is 55.5 Å². The van der Waals surface area contributed by atoms with E-state index in [-0.39, 0.29) is 28.4 Å². The fourth-order valence-electron chi connectivity index (χ4n) is 11.7. The molecule has 334 valence electrons. The molecule has 0 fully saturated rings. The van der Waals surface area contributed by atoms with E-state index in [1.165, 1.54) is 120 Å². The van der Waals surface area contributed by atoms with Crippen LogP contribution in [0.3, 0.4) is 0 Å². The van der Waals surface area contributed by atoms with Crippen molar-refractivity contribution in [3.63, 3.8) is 0 Å². The Labute approximate surface area is 406 Å². The van der Waals surface area contributed by atoms with E-state index < -0.39 is 5.41 Å². The highest BCUT2D eigenvalue weighted by Crippen LogP contribution is 2.67. The minimum atomic E-state index is -0.465. The van der Waals surface area contributed by atoms with Crippen LogP contribution in [0.5, 0.6) is 0 Å². The Bertz CT molecular complexity index is 3310. The number of fused-ring (bicyclic) bond motifs is 15. The lowest BCUT2D eigenvalue weighted by molar-refractivity contribution is 0.589. The van der Waals surface area contributed by atoms with Gasteiger partial charge in [-0.15, -0.1) is 22.7 Å². The van der Waals surface area contributed by atoms with Crippen LogP contribution in [-0.2, 0) is 27.1 Å². The number of nitrogens with zero attached hydrogens (tertiary/aromatic N) is 3. The van der Waals surface area contributed by atoms with Crippen molar-refractivity contribution in [3.05, 3.63) is 176 Å². The molecule has 3 aromatic heterocycles. The summed E-state index contributed by atoms with van der Waals surface area (Å²) in [4.78, 5) is 14.4. The Hall–Kier alpha value is -5.69. The van der Waals surface area contributed by atoms with Gasteiger partial charge in [-0.3, -0.25) is 4.98 Å². The second-order valence-corrected chi connectivity index (χ2v) is 26.0. The van der Waals surface area contributed by atoms with Crippen molar-refractivity contribution < 1.29 is 0 Å². The van der Waals surface area contributed by atoms with Gasteiger partial charge in [0.05, 0.1) is 10.4 Å². The molecular formula is C61H60BN3S2. The van der Waals surface area contributed by atoms with Gasteiger partial charge in [-0.2, -0.15) is 0 Å². The van der Waals surface area contributed by atoms with Crippen LogP contribution in [0.25, 0.3) is 22.3 Å². The summed E-state index contributed by atoms with van der Waals surface area (Å²) in [6, 6.07) is 45.5. The maximum atomic E-state index is 4.91. The molecule has 0 amide bonds. The van der Waals surface area contributed by atoms with Gasteiger partial charge in [-0.1, -0.05) is 144 Å². The summed E-state index contributed by atoms with van der Waals surface area (Å²) in [5.41, 5.74) is 23.2. The van der Waals surface area contributed by atoms with Crippen LogP contribution in [0.15, 0.2) is 128 Å². The first-order chi connectivity index (χ1) is 31.7. The number of thiophene rings is 2. The summed E-state index contributed by atoms with van der Waals surface area (Å²) in [5, 5.41) is 1.32. The third kappa shape index (κ3) is 5.97. The monoisotopic (exact) mass is 909 g/mol. The second kappa shape index (κ2) is 14.0. The van der Waals surface area contributed by atoms with Gasteiger partial charge >= 0.3 is 0 Å². The van der Waals surface area contributed by atoms with E-state index in [1.54, 1.807) is 0 Å². The number of pyridine rings is 1. The maximum Gasteiger partial charge on any atom is 0.254 e. The largest absolute Gasteiger partial charge is 0.311 e. The van der Waals surface area contributed by atoms with Gasteiger partial charge in [0.1, 0.15) is 0 Å². The molecule has 2 aliphatic carbocycles. The molecule has 3 nitrogen and oxygen atoms in total. The first-order valence-corrected chi connectivity index (χ1v) is 25.8. The van der Waals surface area contributed by atoms with Gasteiger partial charge in [-0.25, -0.2) is 0 Å². The average molecular weight is 910 g/mol. The molecule has 5 aromatic carbocycles. The van der Waals surface area contributed by atoms with E-state index in [2.05, 4.69) is 221 Å². The average Bonchev–Trinajstić information content (AvgIpc) is 4.00. The van der Waals surface area contributed by atoms with E-state index >= 15 is 0 Å². The van der Waals surface area contributed by atoms with Crippen molar-refractivity contribution in [2.45, 2.75) is 117 Å². The smallest absolute Gasteiger partial charge is 0.254 e. The van der Waals surface area contributed by atoms with E-state index in [4.69, 9.17) is 4.98 Å². The standard InChI is InChI=1S/C61H60BN3S2/c1-35-30-44-51-53-56(67-55(51)61(54(44)66-35)45-17-15-14-16-42(45)43-28-29-63-34-46(43)61)65(41-25-20-37(21-26-41)58(5,6)7)50-33-39(60(11,12)13)32-49-52(50)62(53)47-27-22-38(59(8,9)10)31-48(47)64(49)40-23-18-36(19-24-40)57(2,3)4/h14-34H,1-13H3. The number of aryl methyl sites for hydroxylation is 1. The molecule has 0 saturated heterocycles. The van der Waals surface area contributed by atoms with E-state index in [0.29, 0.717) is 0 Å². The molecule has 0 saturated carbocycles. The molecule has 1 atom stereocenters. The Morgan fingerprint density at radius 1 is 0.493 bits per heavy atom. The summed E-state index contributed by atoms with van der Waals surface area (Å²) in [6.45, 7) is 30.3. The van der Waals surface area contributed by atoms with Crippen molar-refractivity contribution in [1.29, 1.82) is 0 Å². The predicted molar refractivity (Wildman–Crippen MR) is 290 cm³/mol. The van der Waals surface area contributed by atoms with Crippen molar-refractivity contribution in [2.75, 3.05) is 9.80 Å². The van der Waals surface area contributed by atoms with E-state index in [0.717, 1.165) is 0 Å². The third-order valence-corrected chi connectivity index (χ3v) is 17.8. The fourth-order valence-corrected chi connectivity index (χ4v) is 14.6. The van der Waals surface area contributed by atoms with Gasteiger partial charge in [-0.05, 0) is 155 Å². The molecule has 67 heavy (non-hydrogen) atoms. The van der Waals surface area contributed by atoms with E-state index in [9.17, 15) is 0 Å². The summed E-state index contributed by atoms with van der Waals surface area (Å²) < 4.78 is 0. The number of anilines is 6.